The molecule has 0 saturated carbocycles. The molecule has 2 atom stereocenters. The van der Waals surface area contributed by atoms with Crippen molar-refractivity contribution in [2.24, 2.45) is 5.73 Å². The largest absolute Gasteiger partial charge is 0.496 e. The van der Waals surface area contributed by atoms with E-state index in [1.54, 1.807) is 7.11 Å². The van der Waals surface area contributed by atoms with Crippen LogP contribution in [0, 0.1) is 0 Å². The lowest BCUT2D eigenvalue weighted by molar-refractivity contribution is -0.128. The number of carboxylic acids is 1. The van der Waals surface area contributed by atoms with Crippen LogP contribution in [0.15, 0.2) is 27.9 Å². The maximum Gasteiger partial charge on any atom is 0.355 e. The normalized spacial score (nSPS) is 17.8. The van der Waals surface area contributed by atoms with E-state index in [0.717, 1.165) is 11.3 Å². The van der Waals surface area contributed by atoms with Gasteiger partial charge in [0.25, 0.3) is 0 Å². The molecule has 1 amide bonds. The third-order valence-electron chi connectivity index (χ3n) is 5.50. The molecule has 9 heteroatoms. The molecule has 0 radical (unpaired) electrons. The van der Waals surface area contributed by atoms with Crippen LogP contribution in [0.5, 0.6) is 5.75 Å². The number of carboxylic acid groups (broad SMARTS) is 1. The van der Waals surface area contributed by atoms with E-state index in [1.807, 2.05) is 11.0 Å². The van der Waals surface area contributed by atoms with E-state index in [0.29, 0.717) is 29.5 Å². The molecule has 1 aliphatic rings. The molecule has 1 saturated heterocycles. The summed E-state index contributed by atoms with van der Waals surface area (Å²) in [4.78, 5) is 29.5. The first-order valence-electron chi connectivity index (χ1n) is 10.2. The molecule has 3 N–H and O–H groups in total. The Morgan fingerprint density at radius 3 is 2.81 bits per heavy atom. The van der Waals surface area contributed by atoms with Gasteiger partial charge in [0, 0.05) is 29.7 Å². The van der Waals surface area contributed by atoms with Gasteiger partial charge in [-0.3, -0.25) is 4.79 Å². The lowest BCUT2D eigenvalue weighted by Gasteiger charge is -2.31. The van der Waals surface area contributed by atoms with Crippen LogP contribution in [-0.4, -0.2) is 52.3 Å². The summed E-state index contributed by atoms with van der Waals surface area (Å²) < 4.78 is 6.26. The van der Waals surface area contributed by atoms with Gasteiger partial charge < -0.3 is 20.5 Å². The molecular weight excluding hydrogens is 434 g/mol. The molecule has 2 heterocycles. The predicted octanol–water partition coefficient (Wildman–Crippen LogP) is 3.93. The van der Waals surface area contributed by atoms with E-state index in [-0.39, 0.29) is 29.1 Å². The van der Waals surface area contributed by atoms with Gasteiger partial charge >= 0.3 is 5.97 Å². The summed E-state index contributed by atoms with van der Waals surface area (Å²) in [5, 5.41) is 10.5. The van der Waals surface area contributed by atoms with Crippen molar-refractivity contribution in [1.29, 1.82) is 0 Å². The fraction of sp³-hybridized carbons (Fsp3) is 0.500. The number of thioether (sulfide) groups is 1. The quantitative estimate of drug-likeness (QED) is 0.571. The van der Waals surface area contributed by atoms with Gasteiger partial charge in [-0.05, 0) is 29.5 Å². The molecule has 1 fully saturated rings. The molecule has 31 heavy (non-hydrogen) atoms. The van der Waals surface area contributed by atoms with E-state index in [9.17, 15) is 9.59 Å². The van der Waals surface area contributed by atoms with Gasteiger partial charge in [0.1, 0.15) is 5.75 Å². The number of rotatable bonds is 8. The first-order chi connectivity index (χ1) is 14.6. The van der Waals surface area contributed by atoms with Gasteiger partial charge in [-0.1, -0.05) is 38.6 Å². The van der Waals surface area contributed by atoms with Gasteiger partial charge in [0.15, 0.2) is 10.0 Å². The molecule has 1 aromatic carbocycles. The lowest BCUT2D eigenvalue weighted by Crippen LogP contribution is -2.41. The van der Waals surface area contributed by atoms with Crippen molar-refractivity contribution >= 4 is 35.0 Å². The smallest absolute Gasteiger partial charge is 0.355 e. The maximum atomic E-state index is 12.6. The summed E-state index contributed by atoms with van der Waals surface area (Å²) in [5.41, 5.74) is 8.82. The lowest BCUT2D eigenvalue weighted by atomic mass is 9.84. The molecular formula is C22H29N3O4S2. The number of hydrogen-bond acceptors (Lipinski definition) is 7. The Kier molecular flexibility index (Phi) is 7.28. The van der Waals surface area contributed by atoms with Gasteiger partial charge in [-0.2, -0.15) is 0 Å². The van der Waals surface area contributed by atoms with Gasteiger partial charge in [-0.25, -0.2) is 9.78 Å². The van der Waals surface area contributed by atoms with Crippen LogP contribution >= 0.6 is 23.1 Å². The third-order valence-corrected chi connectivity index (χ3v) is 7.51. The van der Waals surface area contributed by atoms with Crippen LogP contribution in [0.1, 0.15) is 61.3 Å². The SMILES string of the molecule is COc1ccc(C(C)(C)C)cc1C(N)[C@H]1CCC(=O)N1CCSc1nc(C(=O)O)cs1. The van der Waals surface area contributed by atoms with E-state index in [4.69, 9.17) is 15.6 Å². The second kappa shape index (κ2) is 9.58. The summed E-state index contributed by atoms with van der Waals surface area (Å²) >= 11 is 2.76. The highest BCUT2D eigenvalue weighted by Gasteiger charge is 2.36. The number of methoxy groups -OCH3 is 1. The molecule has 0 bridgehead atoms. The molecule has 1 unspecified atom stereocenters. The van der Waals surface area contributed by atoms with Crippen molar-refractivity contribution in [3.8, 4) is 5.75 Å². The minimum atomic E-state index is -1.03. The number of aromatic carboxylic acids is 1. The number of likely N-dealkylation sites (tertiary alicyclic amines) is 1. The molecule has 1 aromatic heterocycles. The zero-order valence-corrected chi connectivity index (χ0v) is 19.9. The Labute approximate surface area is 191 Å². The standard InChI is InChI=1S/C22H29N3O4S2/c1-22(2,3)13-5-7-17(29-4)14(11-13)19(23)16-6-8-18(26)25(16)9-10-30-21-24-15(12-31-21)20(27)28/h5,7,11-12,16,19H,6,8-10,23H2,1-4H3,(H,27,28)/t16-,19?/m1/s1. The topological polar surface area (TPSA) is 106 Å². The Morgan fingerprint density at radius 1 is 1.45 bits per heavy atom. The monoisotopic (exact) mass is 463 g/mol. The Bertz CT molecular complexity index is 954. The van der Waals surface area contributed by atoms with Gasteiger partial charge in [0.2, 0.25) is 5.91 Å². The molecule has 1 aliphatic heterocycles. The maximum absolute atomic E-state index is 12.6. The highest BCUT2D eigenvalue weighted by atomic mass is 32.2. The van der Waals surface area contributed by atoms with Crippen LogP contribution in [0.3, 0.4) is 0 Å². The number of carbonyl (C=O) groups is 2. The highest BCUT2D eigenvalue weighted by molar-refractivity contribution is 8.01. The summed E-state index contributed by atoms with van der Waals surface area (Å²) in [7, 11) is 1.63. The summed E-state index contributed by atoms with van der Waals surface area (Å²) in [6.45, 7) is 6.99. The fourth-order valence-electron chi connectivity index (χ4n) is 3.74. The average molecular weight is 464 g/mol. The van der Waals surface area contributed by atoms with E-state index in [2.05, 4.69) is 37.9 Å². The number of carbonyl (C=O) groups excluding carboxylic acids is 1. The Morgan fingerprint density at radius 2 is 2.19 bits per heavy atom. The number of thiazole rings is 1. The van der Waals surface area contributed by atoms with Crippen LogP contribution in [-0.2, 0) is 10.2 Å². The minimum absolute atomic E-state index is 0.0227. The molecule has 3 rings (SSSR count). The van der Waals surface area contributed by atoms with Crippen LogP contribution in [0.4, 0.5) is 0 Å². The van der Waals surface area contributed by atoms with Crippen LogP contribution < -0.4 is 10.5 Å². The zero-order valence-electron chi connectivity index (χ0n) is 18.3. The van der Waals surface area contributed by atoms with Crippen LogP contribution in [0.2, 0.25) is 0 Å². The minimum Gasteiger partial charge on any atom is -0.496 e. The number of aromatic nitrogens is 1. The van der Waals surface area contributed by atoms with E-state index >= 15 is 0 Å². The highest BCUT2D eigenvalue weighted by Crippen LogP contribution is 2.36. The van der Waals surface area contributed by atoms with Gasteiger partial charge in [0.05, 0.1) is 19.2 Å². The molecule has 2 aromatic rings. The molecule has 168 valence electrons. The number of ether oxygens (including phenoxy) is 1. The van der Waals surface area contributed by atoms with Crippen molar-refractivity contribution in [2.45, 2.75) is 55.5 Å². The Hall–Kier alpha value is -2.10. The first-order valence-corrected chi connectivity index (χ1v) is 12.0. The number of amides is 1. The fourth-order valence-corrected chi connectivity index (χ4v) is 5.55. The second-order valence-electron chi connectivity index (χ2n) is 8.58. The third kappa shape index (κ3) is 5.39. The number of hydrogen-bond donors (Lipinski definition) is 2. The summed E-state index contributed by atoms with van der Waals surface area (Å²) in [6.07, 6.45) is 1.18. The van der Waals surface area contributed by atoms with Crippen molar-refractivity contribution in [1.82, 2.24) is 9.88 Å². The van der Waals surface area contributed by atoms with E-state index < -0.39 is 5.97 Å². The summed E-state index contributed by atoms with van der Waals surface area (Å²) in [5.74, 6) is 0.423. The second-order valence-corrected chi connectivity index (χ2v) is 10.8. The predicted molar refractivity (Wildman–Crippen MR) is 123 cm³/mol. The number of nitrogens with zero attached hydrogens (tertiary/aromatic N) is 2. The number of nitrogens with two attached hydrogens (primary N) is 1. The van der Waals surface area contributed by atoms with Crippen molar-refractivity contribution in [2.75, 3.05) is 19.4 Å². The molecule has 0 spiro atoms. The first kappa shape index (κ1) is 23.6. The van der Waals surface area contributed by atoms with Crippen LogP contribution in [0.25, 0.3) is 0 Å². The molecule has 7 nitrogen and oxygen atoms in total. The average Bonchev–Trinajstić information content (AvgIpc) is 3.34. The van der Waals surface area contributed by atoms with Gasteiger partial charge in [-0.15, -0.1) is 11.3 Å². The molecule has 0 aliphatic carbocycles. The zero-order chi connectivity index (χ0) is 22.8. The Balaban J connectivity index is 1.73. The summed E-state index contributed by atoms with van der Waals surface area (Å²) in [6, 6.07) is 5.65. The van der Waals surface area contributed by atoms with Crippen molar-refractivity contribution in [3.05, 3.63) is 40.4 Å². The van der Waals surface area contributed by atoms with Crippen molar-refractivity contribution < 1.29 is 19.4 Å². The van der Waals surface area contributed by atoms with Crippen molar-refractivity contribution in [3.63, 3.8) is 0 Å². The van der Waals surface area contributed by atoms with E-state index in [1.165, 1.54) is 34.0 Å². The number of benzene rings is 1.